The van der Waals surface area contributed by atoms with Crippen molar-refractivity contribution in [3.63, 3.8) is 0 Å². The lowest BCUT2D eigenvalue weighted by Crippen LogP contribution is -2.09. The van der Waals surface area contributed by atoms with Crippen molar-refractivity contribution in [2.45, 2.75) is 0 Å². The molecule has 20 heavy (non-hydrogen) atoms. The number of carboxylic acid groups (broad SMARTS) is 1. The highest BCUT2D eigenvalue weighted by Gasteiger charge is 2.18. The minimum absolute atomic E-state index is 0.226. The van der Waals surface area contributed by atoms with Gasteiger partial charge in [-0.1, -0.05) is 24.3 Å². The van der Waals surface area contributed by atoms with Gasteiger partial charge >= 0.3 is 5.97 Å². The first-order valence-corrected chi connectivity index (χ1v) is 6.01. The first kappa shape index (κ1) is 12.1. The average molecular weight is 265 g/mol. The molecular weight excluding hydrogens is 254 g/mol. The van der Waals surface area contributed by atoms with E-state index in [2.05, 4.69) is 9.98 Å². The summed E-state index contributed by atoms with van der Waals surface area (Å²) >= 11 is 0. The second kappa shape index (κ2) is 4.62. The smallest absolute Gasteiger partial charge is 0.335 e. The van der Waals surface area contributed by atoms with Gasteiger partial charge in [0.05, 0.1) is 11.3 Å². The standard InChI is InChI=1S/C15H11N3O2/c16-13-11-3-1-2-4-12(11)14(18-13)17-10-7-5-9(6-8-10)15(19)20/h1-8H,(H,19,20)(H2,16,17,18). The summed E-state index contributed by atoms with van der Waals surface area (Å²) in [6.45, 7) is 0. The molecule has 0 aliphatic carbocycles. The van der Waals surface area contributed by atoms with Gasteiger partial charge < -0.3 is 10.8 Å². The molecule has 0 amide bonds. The molecule has 0 saturated heterocycles. The third-order valence-electron chi connectivity index (χ3n) is 3.02. The fourth-order valence-electron chi connectivity index (χ4n) is 2.02. The van der Waals surface area contributed by atoms with Crippen LogP contribution in [-0.2, 0) is 0 Å². The SMILES string of the molecule is NC1=NC(=Nc2ccc(C(=O)O)cc2)c2ccccc21. The maximum Gasteiger partial charge on any atom is 0.335 e. The molecule has 0 bridgehead atoms. The maximum atomic E-state index is 10.8. The number of carbonyl (C=O) groups is 1. The highest BCUT2D eigenvalue weighted by molar-refractivity contribution is 6.22. The number of fused-ring (bicyclic) bond motifs is 1. The molecule has 0 saturated carbocycles. The molecule has 0 aromatic heterocycles. The van der Waals surface area contributed by atoms with Gasteiger partial charge in [-0.3, -0.25) is 0 Å². The topological polar surface area (TPSA) is 88.0 Å². The number of amidine groups is 2. The molecule has 0 atom stereocenters. The molecule has 0 unspecified atom stereocenters. The van der Waals surface area contributed by atoms with Gasteiger partial charge in [-0.15, -0.1) is 0 Å². The van der Waals surface area contributed by atoms with Gasteiger partial charge in [0.25, 0.3) is 0 Å². The maximum absolute atomic E-state index is 10.8. The van der Waals surface area contributed by atoms with E-state index in [1.165, 1.54) is 12.1 Å². The van der Waals surface area contributed by atoms with E-state index in [0.29, 0.717) is 17.4 Å². The van der Waals surface area contributed by atoms with Crippen LogP contribution < -0.4 is 5.73 Å². The Morgan fingerprint density at radius 1 is 1.05 bits per heavy atom. The van der Waals surface area contributed by atoms with Crippen molar-refractivity contribution in [2.75, 3.05) is 0 Å². The molecule has 5 nitrogen and oxygen atoms in total. The summed E-state index contributed by atoms with van der Waals surface area (Å²) in [4.78, 5) is 19.4. The number of aliphatic imine (C=N–C) groups is 2. The van der Waals surface area contributed by atoms with Crippen LogP contribution in [0.15, 0.2) is 58.5 Å². The Labute approximate surface area is 115 Å². The highest BCUT2D eigenvalue weighted by atomic mass is 16.4. The van der Waals surface area contributed by atoms with Gasteiger partial charge in [0.15, 0.2) is 5.84 Å². The summed E-state index contributed by atoms with van der Waals surface area (Å²) in [7, 11) is 0. The predicted molar refractivity (Wildman–Crippen MR) is 76.8 cm³/mol. The molecular formula is C15H11N3O2. The molecule has 3 rings (SSSR count). The fourth-order valence-corrected chi connectivity index (χ4v) is 2.02. The number of aromatic carboxylic acids is 1. The second-order valence-electron chi connectivity index (χ2n) is 4.33. The normalized spacial score (nSPS) is 15.0. The summed E-state index contributed by atoms with van der Waals surface area (Å²) in [5.74, 6) is 0.0281. The number of nitrogens with zero attached hydrogens (tertiary/aromatic N) is 2. The third kappa shape index (κ3) is 2.05. The van der Waals surface area contributed by atoms with Crippen LogP contribution in [0.3, 0.4) is 0 Å². The Bertz CT molecular complexity index is 746. The fraction of sp³-hybridized carbons (Fsp3) is 0. The number of nitrogens with two attached hydrogens (primary N) is 1. The number of carboxylic acids is 1. The van der Waals surface area contributed by atoms with Crippen LogP contribution in [0.25, 0.3) is 0 Å². The lowest BCUT2D eigenvalue weighted by Gasteiger charge is -1.99. The van der Waals surface area contributed by atoms with Crippen LogP contribution >= 0.6 is 0 Å². The summed E-state index contributed by atoms with van der Waals surface area (Å²) in [6.07, 6.45) is 0. The second-order valence-corrected chi connectivity index (χ2v) is 4.33. The molecule has 2 aromatic rings. The Morgan fingerprint density at radius 2 is 1.70 bits per heavy atom. The van der Waals surface area contributed by atoms with Crippen LogP contribution in [0.1, 0.15) is 21.5 Å². The van der Waals surface area contributed by atoms with Crippen LogP contribution in [0.2, 0.25) is 0 Å². The van der Waals surface area contributed by atoms with Gasteiger partial charge in [0.1, 0.15) is 5.84 Å². The molecule has 1 aliphatic heterocycles. The van der Waals surface area contributed by atoms with Gasteiger partial charge in [-0.2, -0.15) is 0 Å². The van der Waals surface area contributed by atoms with E-state index in [9.17, 15) is 4.79 Å². The molecule has 1 aliphatic rings. The summed E-state index contributed by atoms with van der Waals surface area (Å²) in [5, 5.41) is 8.85. The van der Waals surface area contributed by atoms with Gasteiger partial charge in [0.2, 0.25) is 0 Å². The van der Waals surface area contributed by atoms with Crippen molar-refractivity contribution in [1.29, 1.82) is 0 Å². The Morgan fingerprint density at radius 3 is 2.35 bits per heavy atom. The number of rotatable bonds is 2. The summed E-state index contributed by atoms with van der Waals surface area (Å²) in [6, 6.07) is 13.9. The lowest BCUT2D eigenvalue weighted by molar-refractivity contribution is 0.0697. The van der Waals surface area contributed by atoms with Crippen molar-refractivity contribution >= 4 is 23.3 Å². The van der Waals surface area contributed by atoms with Crippen LogP contribution in [0.5, 0.6) is 0 Å². The quantitative estimate of drug-likeness (QED) is 0.872. The van der Waals surface area contributed by atoms with Crippen molar-refractivity contribution in [1.82, 2.24) is 0 Å². The molecule has 0 radical (unpaired) electrons. The van der Waals surface area contributed by atoms with Gasteiger partial charge in [0, 0.05) is 11.1 Å². The first-order chi connectivity index (χ1) is 9.65. The van der Waals surface area contributed by atoms with Gasteiger partial charge in [-0.05, 0) is 24.3 Å². The van der Waals surface area contributed by atoms with E-state index in [1.54, 1.807) is 12.1 Å². The van der Waals surface area contributed by atoms with Crippen LogP contribution in [0, 0.1) is 0 Å². The molecule has 5 heteroatoms. The first-order valence-electron chi connectivity index (χ1n) is 6.01. The Balaban J connectivity index is 2.00. The molecule has 3 N–H and O–H groups in total. The Kier molecular flexibility index (Phi) is 2.80. The number of benzene rings is 2. The van der Waals surface area contributed by atoms with Crippen LogP contribution in [0.4, 0.5) is 5.69 Å². The van der Waals surface area contributed by atoms with Crippen molar-refractivity contribution in [3.8, 4) is 0 Å². The zero-order chi connectivity index (χ0) is 14.1. The zero-order valence-corrected chi connectivity index (χ0v) is 10.4. The Hall–Kier alpha value is -2.95. The number of hydrogen-bond acceptors (Lipinski definition) is 3. The minimum atomic E-state index is -0.960. The minimum Gasteiger partial charge on any atom is -0.478 e. The average Bonchev–Trinajstić information content (AvgIpc) is 2.77. The van der Waals surface area contributed by atoms with E-state index < -0.39 is 5.97 Å². The zero-order valence-electron chi connectivity index (χ0n) is 10.4. The van der Waals surface area contributed by atoms with Crippen molar-refractivity contribution < 1.29 is 9.90 Å². The predicted octanol–water partition coefficient (Wildman–Crippen LogP) is 2.18. The van der Waals surface area contributed by atoms with E-state index >= 15 is 0 Å². The van der Waals surface area contributed by atoms with Crippen molar-refractivity contribution in [2.24, 2.45) is 15.7 Å². The van der Waals surface area contributed by atoms with E-state index in [0.717, 1.165) is 11.1 Å². The van der Waals surface area contributed by atoms with Crippen LogP contribution in [-0.4, -0.2) is 22.7 Å². The summed E-state index contributed by atoms with van der Waals surface area (Å²) in [5.41, 5.74) is 8.46. The highest BCUT2D eigenvalue weighted by Crippen LogP contribution is 2.21. The number of hydrogen-bond donors (Lipinski definition) is 2. The van der Waals surface area contributed by atoms with Crippen molar-refractivity contribution in [3.05, 3.63) is 65.2 Å². The van der Waals surface area contributed by atoms with Gasteiger partial charge in [-0.25, -0.2) is 14.8 Å². The molecule has 0 fully saturated rings. The molecule has 98 valence electrons. The molecule has 0 spiro atoms. The summed E-state index contributed by atoms with van der Waals surface area (Å²) < 4.78 is 0. The molecule has 1 heterocycles. The van der Waals surface area contributed by atoms with E-state index in [1.807, 2.05) is 24.3 Å². The van der Waals surface area contributed by atoms with E-state index in [-0.39, 0.29) is 5.56 Å². The molecule has 2 aromatic carbocycles. The monoisotopic (exact) mass is 265 g/mol. The van der Waals surface area contributed by atoms with E-state index in [4.69, 9.17) is 10.8 Å². The third-order valence-corrected chi connectivity index (χ3v) is 3.02. The lowest BCUT2D eigenvalue weighted by atomic mass is 10.1. The largest absolute Gasteiger partial charge is 0.478 e.